The first kappa shape index (κ1) is 18.3. The predicted octanol–water partition coefficient (Wildman–Crippen LogP) is 3.59. The summed E-state index contributed by atoms with van der Waals surface area (Å²) in [6.45, 7) is 1.12. The number of esters is 1. The minimum atomic E-state index is -0.856. The number of benzene rings is 2. The molecule has 3 aromatic rings. The molecule has 3 heterocycles. The van der Waals surface area contributed by atoms with E-state index in [1.54, 1.807) is 17.0 Å². The highest BCUT2D eigenvalue weighted by atomic mass is 32.1. The third-order valence-corrected chi connectivity index (χ3v) is 6.42. The van der Waals surface area contributed by atoms with E-state index in [0.29, 0.717) is 30.3 Å². The fourth-order valence-electron chi connectivity index (χ4n) is 3.87. The second-order valence-corrected chi connectivity index (χ2v) is 8.31. The third-order valence-electron chi connectivity index (χ3n) is 5.36. The van der Waals surface area contributed by atoms with E-state index in [4.69, 9.17) is 9.47 Å². The highest BCUT2D eigenvalue weighted by molar-refractivity contribution is 7.22. The Balaban J connectivity index is 1.47. The van der Waals surface area contributed by atoms with Crippen LogP contribution in [0, 0.1) is 0 Å². The number of carbonyl (C=O) groups excluding carboxylic acids is 2. The Morgan fingerprint density at radius 1 is 1.17 bits per heavy atom. The Hall–Kier alpha value is -2.77. The molecule has 0 bridgehead atoms. The maximum Gasteiger partial charge on any atom is 0.339 e. The SMILES string of the molecule is O=C1O[C@H](C(=O)N(C[C@@H]2CCCO2)c2nc3ccccc3s2)Cc2ccccc21. The van der Waals surface area contributed by atoms with Gasteiger partial charge in [-0.25, -0.2) is 9.78 Å². The number of cyclic esters (lactones) is 1. The minimum Gasteiger partial charge on any atom is -0.448 e. The van der Waals surface area contributed by atoms with Gasteiger partial charge in [0.2, 0.25) is 0 Å². The summed E-state index contributed by atoms with van der Waals surface area (Å²) in [6.07, 6.45) is 1.37. The first-order valence-corrected chi connectivity index (χ1v) is 10.6. The molecule has 148 valence electrons. The van der Waals surface area contributed by atoms with Crippen molar-refractivity contribution in [2.24, 2.45) is 0 Å². The largest absolute Gasteiger partial charge is 0.448 e. The summed E-state index contributed by atoms with van der Waals surface area (Å²) in [4.78, 5) is 32.2. The second kappa shape index (κ2) is 7.57. The van der Waals surface area contributed by atoms with Crippen LogP contribution < -0.4 is 4.90 Å². The van der Waals surface area contributed by atoms with Crippen molar-refractivity contribution in [1.82, 2.24) is 4.98 Å². The molecule has 0 radical (unpaired) electrons. The van der Waals surface area contributed by atoms with Crippen LogP contribution in [0.15, 0.2) is 48.5 Å². The summed E-state index contributed by atoms with van der Waals surface area (Å²) in [5.41, 5.74) is 2.22. The first-order chi connectivity index (χ1) is 14.2. The zero-order valence-corrected chi connectivity index (χ0v) is 16.6. The van der Waals surface area contributed by atoms with Crippen LogP contribution in [0.1, 0.15) is 28.8 Å². The van der Waals surface area contributed by atoms with Gasteiger partial charge >= 0.3 is 5.97 Å². The van der Waals surface area contributed by atoms with E-state index in [-0.39, 0.29) is 12.0 Å². The number of carbonyl (C=O) groups is 2. The number of amides is 1. The zero-order chi connectivity index (χ0) is 19.8. The number of nitrogens with zero attached hydrogens (tertiary/aromatic N) is 2. The fraction of sp³-hybridized carbons (Fsp3) is 0.318. The van der Waals surface area contributed by atoms with Gasteiger partial charge in [0.15, 0.2) is 11.2 Å². The highest BCUT2D eigenvalue weighted by Gasteiger charge is 2.36. The van der Waals surface area contributed by atoms with Gasteiger partial charge in [0, 0.05) is 13.0 Å². The molecule has 1 fully saturated rings. The Morgan fingerprint density at radius 3 is 2.83 bits per heavy atom. The number of rotatable bonds is 4. The summed E-state index contributed by atoms with van der Waals surface area (Å²) in [5.74, 6) is -0.700. The third kappa shape index (κ3) is 3.52. The summed E-state index contributed by atoms with van der Waals surface area (Å²) in [5, 5.41) is 0.613. The fourth-order valence-corrected chi connectivity index (χ4v) is 4.85. The van der Waals surface area contributed by atoms with E-state index >= 15 is 0 Å². The van der Waals surface area contributed by atoms with Crippen LogP contribution in [0.3, 0.4) is 0 Å². The molecule has 1 aromatic heterocycles. The smallest absolute Gasteiger partial charge is 0.339 e. The van der Waals surface area contributed by atoms with Crippen LogP contribution in [0.25, 0.3) is 10.2 Å². The average molecular weight is 408 g/mol. The van der Waals surface area contributed by atoms with E-state index in [1.807, 2.05) is 36.4 Å². The lowest BCUT2D eigenvalue weighted by atomic mass is 9.98. The number of para-hydroxylation sites is 1. The van der Waals surface area contributed by atoms with Crippen LogP contribution >= 0.6 is 11.3 Å². The quantitative estimate of drug-likeness (QED) is 0.617. The van der Waals surface area contributed by atoms with Crippen molar-refractivity contribution < 1.29 is 19.1 Å². The van der Waals surface area contributed by atoms with E-state index < -0.39 is 12.1 Å². The van der Waals surface area contributed by atoms with Gasteiger partial charge in [0.25, 0.3) is 5.91 Å². The summed E-state index contributed by atoms with van der Waals surface area (Å²) in [7, 11) is 0. The first-order valence-electron chi connectivity index (χ1n) is 9.76. The van der Waals surface area contributed by atoms with Crippen molar-refractivity contribution in [1.29, 1.82) is 0 Å². The highest BCUT2D eigenvalue weighted by Crippen LogP contribution is 2.31. The Kier molecular flexibility index (Phi) is 4.77. The number of ether oxygens (including phenoxy) is 2. The van der Waals surface area contributed by atoms with Crippen molar-refractivity contribution in [3.05, 3.63) is 59.7 Å². The molecule has 2 aromatic carbocycles. The van der Waals surface area contributed by atoms with Crippen molar-refractivity contribution in [2.45, 2.75) is 31.5 Å². The minimum absolute atomic E-state index is 0.0301. The van der Waals surface area contributed by atoms with Gasteiger partial charge in [0.1, 0.15) is 0 Å². The van der Waals surface area contributed by atoms with Gasteiger partial charge in [-0.05, 0) is 36.6 Å². The molecule has 0 N–H and O–H groups in total. The lowest BCUT2D eigenvalue weighted by Gasteiger charge is -2.29. The molecule has 29 heavy (non-hydrogen) atoms. The normalized spacial score (nSPS) is 21.0. The van der Waals surface area contributed by atoms with Crippen LogP contribution in [-0.4, -0.2) is 42.2 Å². The van der Waals surface area contributed by atoms with Crippen LogP contribution in [-0.2, 0) is 20.7 Å². The molecular weight excluding hydrogens is 388 g/mol. The van der Waals surface area contributed by atoms with Gasteiger partial charge in [-0.15, -0.1) is 0 Å². The molecular formula is C22H20N2O4S. The molecule has 0 saturated carbocycles. The number of fused-ring (bicyclic) bond motifs is 2. The molecule has 1 amide bonds. The Bertz CT molecular complexity index is 1040. The van der Waals surface area contributed by atoms with Gasteiger partial charge in [-0.2, -0.15) is 0 Å². The number of hydrogen-bond donors (Lipinski definition) is 0. The lowest BCUT2D eigenvalue weighted by Crippen LogP contribution is -2.47. The van der Waals surface area contributed by atoms with Crippen molar-refractivity contribution >= 4 is 38.6 Å². The molecule has 2 aliphatic heterocycles. The van der Waals surface area contributed by atoms with Gasteiger partial charge < -0.3 is 9.47 Å². The van der Waals surface area contributed by atoms with Crippen LogP contribution in [0.2, 0.25) is 0 Å². The van der Waals surface area contributed by atoms with Crippen LogP contribution in [0.5, 0.6) is 0 Å². The van der Waals surface area contributed by atoms with Crippen molar-refractivity contribution in [3.8, 4) is 0 Å². The molecule has 6 nitrogen and oxygen atoms in total. The Labute approximate surface area is 172 Å². The van der Waals surface area contributed by atoms with E-state index in [2.05, 4.69) is 4.98 Å². The molecule has 0 unspecified atom stereocenters. The maximum atomic E-state index is 13.5. The van der Waals surface area contributed by atoms with Crippen molar-refractivity contribution in [2.75, 3.05) is 18.1 Å². The zero-order valence-electron chi connectivity index (χ0n) is 15.7. The molecule has 5 rings (SSSR count). The maximum absolute atomic E-state index is 13.5. The predicted molar refractivity (Wildman–Crippen MR) is 110 cm³/mol. The molecule has 0 spiro atoms. The standard InChI is InChI=1S/C22H20N2O4S/c25-20(18-12-14-6-1-2-8-16(14)21(26)28-18)24(13-15-7-5-11-27-15)22-23-17-9-3-4-10-19(17)29-22/h1-4,6,8-10,15,18H,5,7,11-13H2/t15-,18-/m0/s1. The number of anilines is 1. The summed E-state index contributed by atoms with van der Waals surface area (Å²) >= 11 is 1.47. The number of thiazole rings is 1. The summed E-state index contributed by atoms with van der Waals surface area (Å²) in [6, 6.07) is 15.1. The van der Waals surface area contributed by atoms with E-state index in [0.717, 1.165) is 28.6 Å². The monoisotopic (exact) mass is 408 g/mol. The lowest BCUT2D eigenvalue weighted by molar-refractivity contribution is -0.128. The number of hydrogen-bond acceptors (Lipinski definition) is 6. The van der Waals surface area contributed by atoms with Crippen LogP contribution in [0.4, 0.5) is 5.13 Å². The number of aromatic nitrogens is 1. The average Bonchev–Trinajstić information content (AvgIpc) is 3.41. The Morgan fingerprint density at radius 2 is 2.00 bits per heavy atom. The second-order valence-electron chi connectivity index (χ2n) is 7.30. The molecule has 0 aliphatic carbocycles. The van der Waals surface area contributed by atoms with E-state index in [1.165, 1.54) is 11.3 Å². The van der Waals surface area contributed by atoms with E-state index in [9.17, 15) is 9.59 Å². The molecule has 1 saturated heterocycles. The molecule has 7 heteroatoms. The topological polar surface area (TPSA) is 68.7 Å². The van der Waals surface area contributed by atoms with Crippen molar-refractivity contribution in [3.63, 3.8) is 0 Å². The molecule has 2 atom stereocenters. The van der Waals surface area contributed by atoms with Gasteiger partial charge in [-0.3, -0.25) is 9.69 Å². The van der Waals surface area contributed by atoms with Gasteiger partial charge in [-0.1, -0.05) is 41.7 Å². The summed E-state index contributed by atoms with van der Waals surface area (Å²) < 4.78 is 12.3. The van der Waals surface area contributed by atoms with Gasteiger partial charge in [0.05, 0.1) is 28.4 Å². The molecule has 2 aliphatic rings.